The van der Waals surface area contributed by atoms with Crippen LogP contribution in [0.5, 0.6) is 5.75 Å². The molecule has 7 nitrogen and oxygen atoms in total. The molecule has 2 aromatic carbocycles. The third-order valence-electron chi connectivity index (χ3n) is 4.64. The molecular weight excluding hydrogens is 435 g/mol. The number of benzene rings is 2. The number of hydrogen-bond acceptors (Lipinski definition) is 6. The van der Waals surface area contributed by atoms with Crippen LogP contribution in [0.1, 0.15) is 11.3 Å². The van der Waals surface area contributed by atoms with Gasteiger partial charge in [0.1, 0.15) is 24.8 Å². The first kappa shape index (κ1) is 21.7. The highest BCUT2D eigenvalue weighted by molar-refractivity contribution is 7.85. The van der Waals surface area contributed by atoms with Gasteiger partial charge < -0.3 is 4.74 Å². The Bertz CT molecular complexity index is 1430. The smallest absolute Gasteiger partial charge is 0.264 e. The van der Waals surface area contributed by atoms with E-state index in [0.29, 0.717) is 22.6 Å². The number of ether oxygens (including phenoxy) is 1. The number of rotatable bonds is 7. The molecule has 0 aliphatic heterocycles. The summed E-state index contributed by atoms with van der Waals surface area (Å²) in [5, 5.41) is 0.786. The fourth-order valence-electron chi connectivity index (χ4n) is 3.06. The lowest BCUT2D eigenvalue weighted by molar-refractivity contribution is 0.305. The Morgan fingerprint density at radius 1 is 0.969 bits per heavy atom. The fourth-order valence-corrected chi connectivity index (χ4v) is 3.40. The predicted octanol–water partition coefficient (Wildman–Crippen LogP) is 3.58. The van der Waals surface area contributed by atoms with Crippen LogP contribution in [-0.2, 0) is 27.5 Å². The van der Waals surface area contributed by atoms with E-state index in [9.17, 15) is 17.6 Å². The van der Waals surface area contributed by atoms with Crippen LogP contribution >= 0.6 is 0 Å². The summed E-state index contributed by atoms with van der Waals surface area (Å²) in [6.07, 6.45) is 2.60. The maximum atomic E-state index is 13.0. The third kappa shape index (κ3) is 5.37. The Morgan fingerprint density at radius 2 is 1.75 bits per heavy atom. The number of aromatic nitrogens is 2. The fraction of sp³-hybridized carbons (Fsp3) is 0.130. The largest absolute Gasteiger partial charge is 0.489 e. The van der Waals surface area contributed by atoms with Crippen molar-refractivity contribution in [3.63, 3.8) is 0 Å². The maximum absolute atomic E-state index is 13.0. The third-order valence-corrected chi connectivity index (χ3v) is 5.19. The molecule has 9 heteroatoms. The summed E-state index contributed by atoms with van der Waals surface area (Å²) >= 11 is 0. The zero-order valence-electron chi connectivity index (χ0n) is 17.1. The molecule has 4 aromatic rings. The highest BCUT2D eigenvalue weighted by atomic mass is 32.2. The summed E-state index contributed by atoms with van der Waals surface area (Å²) in [6.45, 7) is 0.0755. The maximum Gasteiger partial charge on any atom is 0.264 e. The average molecular weight is 454 g/mol. The minimum Gasteiger partial charge on any atom is -0.489 e. The van der Waals surface area contributed by atoms with E-state index in [-0.39, 0.29) is 24.6 Å². The lowest BCUT2D eigenvalue weighted by Gasteiger charge is -2.10. The quantitative estimate of drug-likeness (QED) is 0.397. The lowest BCUT2D eigenvalue weighted by atomic mass is 10.2. The zero-order valence-corrected chi connectivity index (χ0v) is 17.9. The van der Waals surface area contributed by atoms with E-state index in [0.717, 1.165) is 17.2 Å². The first-order chi connectivity index (χ1) is 15.3. The number of hydrogen-bond donors (Lipinski definition) is 0. The van der Waals surface area contributed by atoms with Crippen LogP contribution in [0.25, 0.3) is 16.6 Å². The van der Waals surface area contributed by atoms with Crippen molar-refractivity contribution < 1.29 is 21.7 Å². The Morgan fingerprint density at radius 3 is 2.47 bits per heavy atom. The Hall–Kier alpha value is -3.56. The number of halogens is 1. The van der Waals surface area contributed by atoms with Gasteiger partial charge in [-0.15, -0.1) is 0 Å². The number of nitrogens with zero attached hydrogens (tertiary/aromatic N) is 2. The molecule has 0 saturated heterocycles. The van der Waals surface area contributed by atoms with Gasteiger partial charge in [0.15, 0.2) is 0 Å². The van der Waals surface area contributed by atoms with Gasteiger partial charge in [-0.3, -0.25) is 18.5 Å². The summed E-state index contributed by atoms with van der Waals surface area (Å²) in [5.74, 6) is 0.0916. The predicted molar refractivity (Wildman–Crippen MR) is 118 cm³/mol. The van der Waals surface area contributed by atoms with Crippen molar-refractivity contribution in [1.82, 2.24) is 9.55 Å². The Labute approximate surface area is 183 Å². The van der Waals surface area contributed by atoms with Gasteiger partial charge in [0.2, 0.25) is 0 Å². The van der Waals surface area contributed by atoms with Gasteiger partial charge in [0.25, 0.3) is 15.7 Å². The van der Waals surface area contributed by atoms with E-state index in [1.165, 1.54) is 22.8 Å². The Balaban J connectivity index is 1.51. The zero-order chi connectivity index (χ0) is 22.7. The second kappa shape index (κ2) is 8.89. The average Bonchev–Trinajstić information content (AvgIpc) is 2.76. The molecule has 164 valence electrons. The van der Waals surface area contributed by atoms with Crippen LogP contribution in [0, 0.1) is 5.82 Å². The molecule has 0 aliphatic rings. The Kier molecular flexibility index (Phi) is 6.02. The van der Waals surface area contributed by atoms with Gasteiger partial charge in [-0.25, -0.2) is 4.39 Å². The van der Waals surface area contributed by atoms with Crippen LogP contribution in [-0.4, -0.2) is 24.2 Å². The van der Waals surface area contributed by atoms with Crippen LogP contribution in [0.3, 0.4) is 0 Å². The van der Waals surface area contributed by atoms with Crippen LogP contribution in [0.15, 0.2) is 77.7 Å². The van der Waals surface area contributed by atoms with E-state index >= 15 is 0 Å². The van der Waals surface area contributed by atoms with Gasteiger partial charge in [0.05, 0.1) is 17.5 Å². The number of pyridine rings is 2. The van der Waals surface area contributed by atoms with Gasteiger partial charge in [-0.05, 0) is 48.0 Å². The first-order valence-electron chi connectivity index (χ1n) is 9.61. The second-order valence-corrected chi connectivity index (χ2v) is 8.78. The standard InChI is InChI=1S/C23H19FN2O5S/c1-32(28,29)31-15-19-7-4-17-12-20(8-9-22(17)25-19)26-11-10-21(13-23(26)27)30-14-16-2-5-18(24)6-3-16/h2-13H,14-15H2,1H3. The minimum absolute atomic E-state index is 0.143. The molecule has 0 N–H and O–H groups in total. The molecule has 0 bridgehead atoms. The van der Waals surface area contributed by atoms with Gasteiger partial charge in [-0.1, -0.05) is 18.2 Å². The van der Waals surface area contributed by atoms with E-state index < -0.39 is 10.1 Å². The van der Waals surface area contributed by atoms with Crippen LogP contribution in [0.4, 0.5) is 4.39 Å². The van der Waals surface area contributed by atoms with Crippen molar-refractivity contribution in [2.75, 3.05) is 6.26 Å². The second-order valence-electron chi connectivity index (χ2n) is 7.13. The van der Waals surface area contributed by atoms with Gasteiger partial charge in [0, 0.05) is 23.3 Å². The summed E-state index contributed by atoms with van der Waals surface area (Å²) < 4.78 is 47.2. The summed E-state index contributed by atoms with van der Waals surface area (Å²) in [5.41, 5.74) is 2.30. The molecule has 0 radical (unpaired) electrons. The molecule has 0 amide bonds. The molecule has 0 aliphatic carbocycles. The van der Waals surface area contributed by atoms with Crippen molar-refractivity contribution in [2.24, 2.45) is 0 Å². The topological polar surface area (TPSA) is 87.5 Å². The SMILES string of the molecule is CS(=O)(=O)OCc1ccc2cc(-n3ccc(OCc4ccc(F)cc4)cc3=O)ccc2n1. The van der Waals surface area contributed by atoms with E-state index in [4.69, 9.17) is 8.92 Å². The molecular formula is C23H19FN2O5S. The molecule has 0 saturated carbocycles. The summed E-state index contributed by atoms with van der Waals surface area (Å²) in [7, 11) is -3.55. The molecule has 0 fully saturated rings. The van der Waals surface area contributed by atoms with Gasteiger partial charge >= 0.3 is 0 Å². The van der Waals surface area contributed by atoms with Crippen molar-refractivity contribution in [2.45, 2.75) is 13.2 Å². The van der Waals surface area contributed by atoms with E-state index in [1.807, 2.05) is 6.07 Å². The molecule has 0 atom stereocenters. The highest BCUT2D eigenvalue weighted by Gasteiger charge is 2.07. The van der Waals surface area contributed by atoms with Crippen LogP contribution in [0.2, 0.25) is 0 Å². The van der Waals surface area contributed by atoms with Crippen molar-refractivity contribution in [3.05, 3.63) is 100 Å². The molecule has 32 heavy (non-hydrogen) atoms. The highest BCUT2D eigenvalue weighted by Crippen LogP contribution is 2.19. The molecule has 0 spiro atoms. The van der Waals surface area contributed by atoms with Crippen molar-refractivity contribution >= 4 is 21.0 Å². The normalized spacial score (nSPS) is 11.6. The summed E-state index contributed by atoms with van der Waals surface area (Å²) in [6, 6.07) is 17.8. The summed E-state index contributed by atoms with van der Waals surface area (Å²) in [4.78, 5) is 17.0. The molecule has 0 unspecified atom stereocenters. The monoisotopic (exact) mass is 454 g/mol. The first-order valence-corrected chi connectivity index (χ1v) is 11.4. The van der Waals surface area contributed by atoms with Gasteiger partial charge in [-0.2, -0.15) is 8.42 Å². The minimum atomic E-state index is -3.55. The molecule has 2 heterocycles. The van der Waals surface area contributed by atoms with Crippen LogP contribution < -0.4 is 10.3 Å². The lowest BCUT2D eigenvalue weighted by Crippen LogP contribution is -2.16. The van der Waals surface area contributed by atoms with E-state index in [2.05, 4.69) is 4.98 Å². The molecule has 2 aromatic heterocycles. The molecule has 4 rings (SSSR count). The van der Waals surface area contributed by atoms with Crippen molar-refractivity contribution in [1.29, 1.82) is 0 Å². The number of fused-ring (bicyclic) bond motifs is 1. The van der Waals surface area contributed by atoms with Crippen molar-refractivity contribution in [3.8, 4) is 11.4 Å². The van der Waals surface area contributed by atoms with E-state index in [1.54, 1.807) is 48.7 Å².